The number of aryl methyl sites for hydroxylation is 2. The molecule has 0 fully saturated rings. The molecular formula is C25H34ClN3O3S. The van der Waals surface area contributed by atoms with Crippen LogP contribution in [0.4, 0.5) is 0 Å². The normalized spacial score (nSPS) is 17.8. The summed E-state index contributed by atoms with van der Waals surface area (Å²) in [5, 5.41) is 4.76. The van der Waals surface area contributed by atoms with Gasteiger partial charge in [0, 0.05) is 19.2 Å². The lowest BCUT2D eigenvalue weighted by atomic mass is 9.98. The maximum Gasteiger partial charge on any atom is 0.236 e. The molecule has 0 heterocycles. The van der Waals surface area contributed by atoms with E-state index in [2.05, 4.69) is 18.6 Å². The molecule has 1 aliphatic rings. The third kappa shape index (κ3) is 7.39. The van der Waals surface area contributed by atoms with Crippen molar-refractivity contribution in [3.8, 4) is 5.75 Å². The average molecular weight is 492 g/mol. The monoisotopic (exact) mass is 491 g/mol. The van der Waals surface area contributed by atoms with Crippen LogP contribution in [0.15, 0.2) is 53.1 Å². The van der Waals surface area contributed by atoms with Gasteiger partial charge >= 0.3 is 0 Å². The highest BCUT2D eigenvalue weighted by Gasteiger charge is 2.30. The largest absolute Gasteiger partial charge is 0.491 e. The number of rotatable bonds is 11. The average Bonchev–Trinajstić information content (AvgIpc) is 2.79. The van der Waals surface area contributed by atoms with E-state index in [9.17, 15) is 4.79 Å². The lowest BCUT2D eigenvalue weighted by Crippen LogP contribution is -2.38. The molecule has 180 valence electrons. The van der Waals surface area contributed by atoms with Gasteiger partial charge in [0.2, 0.25) is 5.91 Å². The first-order chi connectivity index (χ1) is 15.8. The predicted molar refractivity (Wildman–Crippen MR) is 139 cm³/mol. The van der Waals surface area contributed by atoms with Crippen LogP contribution < -0.4 is 10.6 Å². The number of methoxy groups -OCH3 is 1. The second-order valence-electron chi connectivity index (χ2n) is 7.79. The number of alkyl halides is 1. The number of allylic oxidation sites excluding steroid dienone is 3. The Labute approximate surface area is 206 Å². The topological polar surface area (TPSA) is 77.2 Å². The van der Waals surface area contributed by atoms with Crippen LogP contribution in [0.25, 0.3) is 0 Å². The summed E-state index contributed by atoms with van der Waals surface area (Å²) in [5.74, 6) is 6.07. The minimum absolute atomic E-state index is 0.0767. The third-order valence-electron chi connectivity index (χ3n) is 5.23. The Balaban J connectivity index is 2.22. The van der Waals surface area contributed by atoms with E-state index < -0.39 is 5.92 Å². The van der Waals surface area contributed by atoms with Crippen LogP contribution >= 0.6 is 23.4 Å². The van der Waals surface area contributed by atoms with Crippen molar-refractivity contribution in [2.75, 3.05) is 26.9 Å². The number of thioether (sulfide) groups is 1. The van der Waals surface area contributed by atoms with Crippen molar-refractivity contribution in [1.29, 1.82) is 0 Å². The van der Waals surface area contributed by atoms with Gasteiger partial charge in [-0.2, -0.15) is 5.10 Å². The Morgan fingerprint density at radius 2 is 1.91 bits per heavy atom. The fourth-order valence-electron chi connectivity index (χ4n) is 3.51. The molecule has 8 heteroatoms. The maximum absolute atomic E-state index is 13.3. The molecule has 0 aromatic heterocycles. The van der Waals surface area contributed by atoms with Crippen molar-refractivity contribution >= 4 is 34.3 Å². The molecule has 33 heavy (non-hydrogen) atoms. The summed E-state index contributed by atoms with van der Waals surface area (Å²) in [6.07, 6.45) is 9.17. The van der Waals surface area contributed by atoms with E-state index in [1.54, 1.807) is 12.0 Å². The van der Waals surface area contributed by atoms with Crippen LogP contribution in [0.2, 0.25) is 0 Å². The second kappa shape index (κ2) is 13.5. The van der Waals surface area contributed by atoms with Crippen molar-refractivity contribution in [3.05, 3.63) is 64.7 Å². The number of hydrogen-bond acceptors (Lipinski definition) is 6. The molecule has 2 rings (SSSR count). The molecule has 2 unspecified atom stereocenters. The molecule has 2 atom stereocenters. The molecule has 1 aliphatic carbocycles. The van der Waals surface area contributed by atoms with Crippen LogP contribution in [0.5, 0.6) is 5.75 Å². The number of benzene rings is 1. The van der Waals surface area contributed by atoms with Crippen molar-refractivity contribution in [1.82, 2.24) is 4.90 Å². The molecule has 0 radical (unpaired) electrons. The zero-order chi connectivity index (χ0) is 24.4. The molecule has 2 N–H and O–H groups in total. The summed E-state index contributed by atoms with van der Waals surface area (Å²) in [6.45, 7) is 11.8. The van der Waals surface area contributed by atoms with Crippen molar-refractivity contribution in [2.24, 2.45) is 16.9 Å². The first-order valence-corrected chi connectivity index (χ1v) is 12.3. The summed E-state index contributed by atoms with van der Waals surface area (Å²) in [4.78, 5) is 15.0. The van der Waals surface area contributed by atoms with Gasteiger partial charge in [-0.3, -0.25) is 4.79 Å². The van der Waals surface area contributed by atoms with Gasteiger partial charge in [0.15, 0.2) is 0 Å². The predicted octanol–water partition coefficient (Wildman–Crippen LogP) is 5.13. The summed E-state index contributed by atoms with van der Waals surface area (Å²) in [5.41, 5.74) is 2.78. The molecule has 6 nitrogen and oxygen atoms in total. The zero-order valence-electron chi connectivity index (χ0n) is 19.8. The minimum Gasteiger partial charge on any atom is -0.491 e. The number of ether oxygens (including phenoxy) is 2. The van der Waals surface area contributed by atoms with Crippen LogP contribution in [-0.4, -0.2) is 48.1 Å². The van der Waals surface area contributed by atoms with Crippen LogP contribution in [0, 0.1) is 19.8 Å². The van der Waals surface area contributed by atoms with Gasteiger partial charge in [0.25, 0.3) is 0 Å². The SMILES string of the molecule is C=C(S/C(=N\N)c1cc(C)c(OCCOC)c(C)c1)N(CCCC)C(=O)C1C=CC=CC1Cl. The zero-order valence-corrected chi connectivity index (χ0v) is 21.4. The first kappa shape index (κ1) is 27.0. The molecular weight excluding hydrogens is 458 g/mol. The van der Waals surface area contributed by atoms with E-state index in [1.807, 2.05) is 50.3 Å². The minimum atomic E-state index is -0.433. The lowest BCUT2D eigenvalue weighted by molar-refractivity contribution is -0.131. The number of amides is 1. The van der Waals surface area contributed by atoms with E-state index in [0.717, 1.165) is 35.3 Å². The Hall–Kier alpha value is -2.22. The standard InChI is InChI=1S/C25H34ClN3O3S/c1-6-7-12-29(25(30)21-10-8-9-11-22(21)26)19(4)33-24(28-27)20-15-17(2)23(18(3)16-20)32-14-13-31-5/h8-11,15-16,21-22H,4,6-7,12-14,27H2,1-3,5H3/b28-24-. The highest BCUT2D eigenvalue weighted by molar-refractivity contribution is 8.17. The number of hydrazone groups is 1. The van der Waals surface area contributed by atoms with Gasteiger partial charge in [-0.05, 0) is 43.5 Å². The molecule has 0 spiro atoms. The highest BCUT2D eigenvalue weighted by Crippen LogP contribution is 2.31. The number of hydrogen-bond donors (Lipinski definition) is 1. The van der Waals surface area contributed by atoms with Crippen molar-refractivity contribution < 1.29 is 14.3 Å². The van der Waals surface area contributed by atoms with E-state index in [4.69, 9.17) is 26.9 Å². The van der Waals surface area contributed by atoms with E-state index in [0.29, 0.717) is 29.8 Å². The van der Waals surface area contributed by atoms with Gasteiger partial charge in [0.1, 0.15) is 17.4 Å². The van der Waals surface area contributed by atoms with E-state index >= 15 is 0 Å². The summed E-state index contributed by atoms with van der Waals surface area (Å²) in [6, 6.07) is 3.95. The Morgan fingerprint density at radius 1 is 1.24 bits per heavy atom. The number of nitrogens with two attached hydrogens (primary N) is 1. The Bertz CT molecular complexity index is 906. The summed E-state index contributed by atoms with van der Waals surface area (Å²) >= 11 is 7.68. The fraction of sp³-hybridized carbons (Fsp3) is 0.440. The number of unbranched alkanes of at least 4 members (excludes halogenated alkanes) is 1. The number of halogens is 1. The fourth-order valence-corrected chi connectivity index (χ4v) is 4.59. The molecule has 0 saturated carbocycles. The van der Waals surface area contributed by atoms with Gasteiger partial charge < -0.3 is 20.2 Å². The van der Waals surface area contributed by atoms with Crippen LogP contribution in [0.1, 0.15) is 36.5 Å². The van der Waals surface area contributed by atoms with Gasteiger partial charge in [-0.25, -0.2) is 0 Å². The van der Waals surface area contributed by atoms with E-state index in [1.165, 1.54) is 11.8 Å². The van der Waals surface area contributed by atoms with Crippen molar-refractivity contribution in [3.63, 3.8) is 0 Å². The Morgan fingerprint density at radius 3 is 2.48 bits per heavy atom. The van der Waals surface area contributed by atoms with E-state index in [-0.39, 0.29) is 11.3 Å². The van der Waals surface area contributed by atoms with Crippen LogP contribution in [-0.2, 0) is 9.53 Å². The first-order valence-electron chi connectivity index (χ1n) is 11.0. The highest BCUT2D eigenvalue weighted by atomic mass is 35.5. The number of carbonyl (C=O) groups is 1. The van der Waals surface area contributed by atoms with Gasteiger partial charge in [0.05, 0.1) is 22.9 Å². The molecule has 0 bridgehead atoms. The van der Waals surface area contributed by atoms with Gasteiger partial charge in [-0.15, -0.1) is 11.6 Å². The summed E-state index contributed by atoms with van der Waals surface area (Å²) in [7, 11) is 1.64. The van der Waals surface area contributed by atoms with Gasteiger partial charge in [-0.1, -0.05) is 56.0 Å². The number of carbonyl (C=O) groups excluding carboxylic acids is 1. The second-order valence-corrected chi connectivity index (χ2v) is 9.36. The smallest absolute Gasteiger partial charge is 0.236 e. The summed E-state index contributed by atoms with van der Waals surface area (Å²) < 4.78 is 10.9. The Kier molecular flexibility index (Phi) is 11.0. The third-order valence-corrected chi connectivity index (χ3v) is 6.64. The molecule has 1 amide bonds. The maximum atomic E-state index is 13.3. The lowest BCUT2D eigenvalue weighted by Gasteiger charge is -2.29. The molecule has 0 aliphatic heterocycles. The van der Waals surface area contributed by atoms with Crippen molar-refractivity contribution in [2.45, 2.75) is 39.0 Å². The quantitative estimate of drug-likeness (QED) is 0.116. The number of nitrogens with zero attached hydrogens (tertiary/aromatic N) is 2. The van der Waals surface area contributed by atoms with Crippen LogP contribution in [0.3, 0.4) is 0 Å². The molecule has 1 aromatic carbocycles. The molecule has 0 saturated heterocycles. The molecule has 1 aromatic rings.